The fourth-order valence-corrected chi connectivity index (χ4v) is 6.12. The molecule has 0 radical (unpaired) electrons. The van der Waals surface area contributed by atoms with E-state index in [-0.39, 0.29) is 34.1 Å². The number of fused-ring (bicyclic) bond motifs is 2. The van der Waals surface area contributed by atoms with Crippen molar-refractivity contribution in [2.45, 2.75) is 56.6 Å². The van der Waals surface area contributed by atoms with Crippen LogP contribution in [0.15, 0.2) is 57.3 Å². The molecule has 2 aliphatic rings. The van der Waals surface area contributed by atoms with Gasteiger partial charge in [-0.1, -0.05) is 37.6 Å². The smallest absolute Gasteiger partial charge is 0.286 e. The zero-order valence-corrected chi connectivity index (χ0v) is 23.2. The molecule has 1 unspecified atom stereocenters. The van der Waals surface area contributed by atoms with Gasteiger partial charge in [0.15, 0.2) is 11.6 Å². The van der Waals surface area contributed by atoms with Crippen LogP contribution in [-0.4, -0.2) is 45.4 Å². The molecule has 1 aliphatic heterocycles. The maximum absolute atomic E-state index is 14.2. The van der Waals surface area contributed by atoms with Crippen LogP contribution in [0.4, 0.5) is 11.4 Å². The highest BCUT2D eigenvalue weighted by atomic mass is 32.2. The number of benzene rings is 2. The Kier molecular flexibility index (Phi) is 6.93. The minimum Gasteiger partial charge on any atom is -0.506 e. The molecule has 13 heteroatoms. The van der Waals surface area contributed by atoms with Crippen molar-refractivity contribution in [1.82, 2.24) is 5.48 Å². The number of aliphatic hydroxyl groups excluding tert-OH is 1. The fourth-order valence-electron chi connectivity index (χ4n) is 4.42. The van der Waals surface area contributed by atoms with Gasteiger partial charge in [0.1, 0.15) is 21.8 Å². The van der Waals surface area contributed by atoms with E-state index >= 15 is 0 Å². The van der Waals surface area contributed by atoms with Crippen LogP contribution >= 0.6 is 0 Å². The van der Waals surface area contributed by atoms with Crippen LogP contribution in [-0.2, 0) is 35.2 Å². The summed E-state index contributed by atoms with van der Waals surface area (Å²) in [4.78, 5) is 19.8. The van der Waals surface area contributed by atoms with Gasteiger partial charge in [-0.15, -0.1) is 4.40 Å². The molecule has 204 valence electrons. The van der Waals surface area contributed by atoms with Crippen molar-refractivity contribution < 1.29 is 31.6 Å². The van der Waals surface area contributed by atoms with Crippen molar-refractivity contribution in [2.24, 2.45) is 4.40 Å². The lowest BCUT2D eigenvalue weighted by Crippen LogP contribution is -2.55. The first-order valence-electron chi connectivity index (χ1n) is 11.9. The van der Waals surface area contributed by atoms with E-state index in [0.717, 1.165) is 12.3 Å². The third-order valence-electron chi connectivity index (χ3n) is 5.91. The molecule has 0 amide bonds. The number of ketones is 1. The van der Waals surface area contributed by atoms with Crippen molar-refractivity contribution >= 4 is 48.8 Å². The molecule has 4 N–H and O–H groups in total. The lowest BCUT2D eigenvalue weighted by molar-refractivity contribution is -0.145. The summed E-state index contributed by atoms with van der Waals surface area (Å²) in [5.74, 6) is -1.38. The van der Waals surface area contributed by atoms with Gasteiger partial charge >= 0.3 is 0 Å². The largest absolute Gasteiger partial charge is 0.506 e. The molecule has 11 nitrogen and oxygen atoms in total. The molecule has 0 saturated heterocycles. The van der Waals surface area contributed by atoms with E-state index in [1.54, 1.807) is 24.3 Å². The first-order valence-corrected chi connectivity index (χ1v) is 15.2. The Labute approximate surface area is 222 Å². The number of carbonyl (C=O) groups excluding carboxylic acids is 1. The zero-order chi connectivity index (χ0) is 28.1. The highest BCUT2D eigenvalue weighted by molar-refractivity contribution is 7.92. The summed E-state index contributed by atoms with van der Waals surface area (Å²) in [5, 5.41) is 14.1. The van der Waals surface area contributed by atoms with E-state index < -0.39 is 42.7 Å². The quantitative estimate of drug-likeness (QED) is 0.370. The Morgan fingerprint density at radius 1 is 1.16 bits per heavy atom. The van der Waals surface area contributed by atoms with Crippen LogP contribution in [0.25, 0.3) is 5.76 Å². The highest BCUT2D eigenvalue weighted by Crippen LogP contribution is 2.43. The molecule has 0 spiro atoms. The fraction of sp³-hybridized carbons (Fsp3) is 0.360. The number of hydroxylamine groups is 1. The van der Waals surface area contributed by atoms with E-state index in [0.29, 0.717) is 17.5 Å². The van der Waals surface area contributed by atoms with E-state index in [1.807, 2.05) is 27.7 Å². The van der Waals surface area contributed by atoms with Gasteiger partial charge in [0.05, 0.1) is 17.5 Å². The zero-order valence-electron chi connectivity index (χ0n) is 21.6. The van der Waals surface area contributed by atoms with E-state index in [9.17, 15) is 26.7 Å². The first kappa shape index (κ1) is 27.8. The predicted octanol–water partition coefficient (Wildman–Crippen LogP) is 3.44. The number of rotatable bonds is 7. The number of nitrogens with zero attached hydrogens (tertiary/aromatic N) is 1. The molecule has 1 atom stereocenters. The number of anilines is 2. The number of hydrogen-bond donors (Lipinski definition) is 4. The number of hydrogen-bond acceptors (Lipinski definition) is 9. The second kappa shape index (κ2) is 9.49. The molecule has 0 fully saturated rings. The third-order valence-corrected chi connectivity index (χ3v) is 7.84. The van der Waals surface area contributed by atoms with Crippen LogP contribution in [0.5, 0.6) is 0 Å². The van der Waals surface area contributed by atoms with Gasteiger partial charge in [0.25, 0.3) is 10.0 Å². The predicted molar refractivity (Wildman–Crippen MR) is 145 cm³/mol. The number of amidine groups is 1. The maximum Gasteiger partial charge on any atom is 0.286 e. The monoisotopic (exact) mass is 562 g/mol. The minimum absolute atomic E-state index is 0.0329. The number of nitrogens with one attached hydrogen (secondary N) is 3. The summed E-state index contributed by atoms with van der Waals surface area (Å²) in [7, 11) is -8.04. The molecular weight excluding hydrogens is 532 g/mol. The summed E-state index contributed by atoms with van der Waals surface area (Å²) in [5.41, 5.74) is 1.47. The molecule has 1 aliphatic carbocycles. The second-order valence-electron chi connectivity index (χ2n) is 10.2. The van der Waals surface area contributed by atoms with Crippen molar-refractivity contribution in [3.05, 3.63) is 59.2 Å². The molecule has 2 aromatic carbocycles. The topological polar surface area (TPSA) is 163 Å². The minimum atomic E-state index is -4.39. The van der Waals surface area contributed by atoms with Crippen molar-refractivity contribution in [3.8, 4) is 0 Å². The summed E-state index contributed by atoms with van der Waals surface area (Å²) >= 11 is 0. The molecule has 0 bridgehead atoms. The molecule has 4 rings (SSSR count). The normalized spacial score (nSPS) is 20.8. The number of Topliss-reactive ketones (excluding diaryl/α,β-unsaturated/α-hetero) is 1. The van der Waals surface area contributed by atoms with Crippen LogP contribution < -0.4 is 15.5 Å². The van der Waals surface area contributed by atoms with Crippen LogP contribution in [0.1, 0.15) is 51.7 Å². The van der Waals surface area contributed by atoms with Gasteiger partial charge in [-0.2, -0.15) is 13.9 Å². The molecule has 2 aromatic rings. The van der Waals surface area contributed by atoms with Crippen molar-refractivity contribution in [3.63, 3.8) is 0 Å². The van der Waals surface area contributed by atoms with E-state index in [2.05, 4.69) is 19.9 Å². The van der Waals surface area contributed by atoms with Gasteiger partial charge in [0, 0.05) is 11.3 Å². The Hall–Kier alpha value is -3.26. The lowest BCUT2D eigenvalue weighted by Gasteiger charge is -2.40. The summed E-state index contributed by atoms with van der Waals surface area (Å²) in [6.45, 7) is 7.34. The van der Waals surface area contributed by atoms with Crippen molar-refractivity contribution in [2.75, 3.05) is 16.3 Å². The number of carbonyl (C=O) groups is 1. The molecule has 38 heavy (non-hydrogen) atoms. The third kappa shape index (κ3) is 5.19. The Morgan fingerprint density at radius 2 is 1.84 bits per heavy atom. The van der Waals surface area contributed by atoms with Gasteiger partial charge in [-0.25, -0.2) is 8.42 Å². The van der Waals surface area contributed by atoms with Crippen LogP contribution in [0, 0.1) is 0 Å². The standard InChI is InChI=1S/C25H30N4O7S2/c1-6-13-25(29-36-24(2,3)4)17-10-8-7-9-16(17)21(30)20(22(25)31)23-26-18-12-11-15(27-37(5,32)33)14-19(18)38(34,35)28-23/h7-12,14,27,29-30H,6,13H2,1-5H3,(H,26,28). The van der Waals surface area contributed by atoms with E-state index in [1.165, 1.54) is 12.1 Å². The second-order valence-corrected chi connectivity index (χ2v) is 13.5. The van der Waals surface area contributed by atoms with Gasteiger partial charge in [0.2, 0.25) is 10.0 Å². The average molecular weight is 563 g/mol. The average Bonchev–Trinajstić information content (AvgIpc) is 2.80. The van der Waals surface area contributed by atoms with Crippen molar-refractivity contribution in [1.29, 1.82) is 0 Å². The molecular formula is C25H30N4O7S2. The van der Waals surface area contributed by atoms with Gasteiger partial charge < -0.3 is 10.4 Å². The summed E-state index contributed by atoms with van der Waals surface area (Å²) in [6.07, 6.45) is 1.79. The van der Waals surface area contributed by atoms with Gasteiger partial charge in [-0.3, -0.25) is 14.4 Å². The maximum atomic E-state index is 14.2. The first-order chi connectivity index (χ1) is 17.6. The van der Waals surface area contributed by atoms with Gasteiger partial charge in [-0.05, 0) is 51.0 Å². The molecule has 1 heterocycles. The molecule has 0 aromatic heterocycles. The highest BCUT2D eigenvalue weighted by Gasteiger charge is 2.50. The SMILES string of the molecule is CCCC1(NOC(C)(C)C)C(=O)C(C2=NS(=O)(=O)c3cc(NS(C)(=O)=O)ccc3N2)=C(O)c2ccccc21. The Balaban J connectivity index is 1.87. The van der Waals surface area contributed by atoms with Crippen LogP contribution in [0.2, 0.25) is 0 Å². The summed E-state index contributed by atoms with van der Waals surface area (Å²) < 4.78 is 55.6. The number of aliphatic hydroxyl groups is 1. The van der Waals surface area contributed by atoms with E-state index in [4.69, 9.17) is 4.84 Å². The number of sulfonamides is 2. The Morgan fingerprint density at radius 3 is 2.47 bits per heavy atom. The van der Waals surface area contributed by atoms with Crippen LogP contribution in [0.3, 0.4) is 0 Å². The Bertz CT molecular complexity index is 1590. The lowest BCUT2D eigenvalue weighted by atomic mass is 9.72. The molecule has 0 saturated carbocycles. The summed E-state index contributed by atoms with van der Waals surface area (Å²) in [6, 6.07) is 10.6.